The van der Waals surface area contributed by atoms with Gasteiger partial charge in [0, 0.05) is 13.6 Å². The second-order valence-corrected chi connectivity index (χ2v) is 4.38. The van der Waals surface area contributed by atoms with Gasteiger partial charge in [0.25, 0.3) is 0 Å². The summed E-state index contributed by atoms with van der Waals surface area (Å²) in [6.07, 6.45) is 0.804. The van der Waals surface area contributed by atoms with Crippen molar-refractivity contribution in [2.24, 2.45) is 0 Å². The van der Waals surface area contributed by atoms with Gasteiger partial charge in [0.1, 0.15) is 5.75 Å². The molecular weight excluding hydrogens is 258 g/mol. The Bertz CT molecular complexity index is 423. The molecule has 0 atom stereocenters. The monoisotopic (exact) mass is 279 g/mol. The van der Waals surface area contributed by atoms with E-state index in [9.17, 15) is 9.59 Å². The summed E-state index contributed by atoms with van der Waals surface area (Å²) in [6.45, 7) is 1.48. The predicted molar refractivity (Wildman–Crippen MR) is 76.6 cm³/mol. The number of amides is 3. The standard InChI is InChI=1S/C14H21N3O3/c1-15-14(19)16-13(18)11-17(2)9-6-10-20-12-7-4-3-5-8-12/h3-5,7-8H,6,9-11H2,1-2H3,(H2,15,16,18,19). The molecule has 0 aliphatic heterocycles. The maximum absolute atomic E-state index is 11.4. The number of nitrogens with one attached hydrogen (secondary N) is 2. The van der Waals surface area contributed by atoms with Gasteiger partial charge >= 0.3 is 6.03 Å². The van der Waals surface area contributed by atoms with Crippen LogP contribution in [0.3, 0.4) is 0 Å². The Balaban J connectivity index is 2.12. The average molecular weight is 279 g/mol. The lowest BCUT2D eigenvalue weighted by Gasteiger charge is -2.15. The van der Waals surface area contributed by atoms with Crippen molar-refractivity contribution >= 4 is 11.9 Å². The molecule has 0 aliphatic carbocycles. The highest BCUT2D eigenvalue weighted by atomic mass is 16.5. The predicted octanol–water partition coefficient (Wildman–Crippen LogP) is 0.843. The van der Waals surface area contributed by atoms with Crippen LogP contribution in [0.4, 0.5) is 4.79 Å². The van der Waals surface area contributed by atoms with Crippen molar-refractivity contribution in [1.82, 2.24) is 15.5 Å². The summed E-state index contributed by atoms with van der Waals surface area (Å²) in [5, 5.41) is 4.55. The van der Waals surface area contributed by atoms with E-state index in [1.54, 1.807) is 0 Å². The average Bonchev–Trinajstić information content (AvgIpc) is 2.44. The van der Waals surface area contributed by atoms with Crippen LogP contribution in [0, 0.1) is 0 Å². The van der Waals surface area contributed by atoms with E-state index in [0.29, 0.717) is 13.2 Å². The number of likely N-dealkylation sites (N-methyl/N-ethyl adjacent to an activating group) is 1. The Labute approximate surface area is 119 Å². The Morgan fingerprint density at radius 3 is 2.60 bits per heavy atom. The van der Waals surface area contributed by atoms with Crippen molar-refractivity contribution < 1.29 is 14.3 Å². The zero-order chi connectivity index (χ0) is 14.8. The topological polar surface area (TPSA) is 70.7 Å². The fourth-order valence-electron chi connectivity index (χ4n) is 1.59. The third kappa shape index (κ3) is 6.75. The minimum atomic E-state index is -0.490. The van der Waals surface area contributed by atoms with Crippen molar-refractivity contribution in [3.63, 3.8) is 0 Å². The van der Waals surface area contributed by atoms with Crippen molar-refractivity contribution in [3.8, 4) is 5.75 Å². The van der Waals surface area contributed by atoms with Crippen LogP contribution in [-0.2, 0) is 4.79 Å². The molecule has 3 amide bonds. The molecule has 0 saturated heterocycles. The summed E-state index contributed by atoms with van der Waals surface area (Å²) in [5.74, 6) is 0.517. The number of carbonyl (C=O) groups is 2. The van der Waals surface area contributed by atoms with Crippen LogP contribution in [0.5, 0.6) is 5.75 Å². The number of nitrogens with zero attached hydrogens (tertiary/aromatic N) is 1. The Hall–Kier alpha value is -2.08. The molecule has 0 spiro atoms. The molecule has 1 aromatic carbocycles. The van der Waals surface area contributed by atoms with E-state index in [1.165, 1.54) is 7.05 Å². The van der Waals surface area contributed by atoms with E-state index in [1.807, 2.05) is 42.3 Å². The van der Waals surface area contributed by atoms with Gasteiger partial charge in [-0.1, -0.05) is 18.2 Å². The molecule has 6 nitrogen and oxygen atoms in total. The molecule has 0 fully saturated rings. The highest BCUT2D eigenvalue weighted by Crippen LogP contribution is 2.08. The lowest BCUT2D eigenvalue weighted by atomic mass is 10.3. The fourth-order valence-corrected chi connectivity index (χ4v) is 1.59. The molecular formula is C14H21N3O3. The molecule has 0 heterocycles. The van der Waals surface area contributed by atoms with Crippen LogP contribution in [-0.4, -0.2) is 50.6 Å². The van der Waals surface area contributed by atoms with Gasteiger partial charge in [0.15, 0.2) is 0 Å². The van der Waals surface area contributed by atoms with Crippen molar-refractivity contribution in [1.29, 1.82) is 0 Å². The van der Waals surface area contributed by atoms with Crippen LogP contribution in [0.15, 0.2) is 30.3 Å². The van der Waals surface area contributed by atoms with Gasteiger partial charge in [-0.05, 0) is 25.6 Å². The molecule has 0 saturated carbocycles. The number of hydrogen-bond acceptors (Lipinski definition) is 4. The summed E-state index contributed by atoms with van der Waals surface area (Å²) in [4.78, 5) is 24.2. The largest absolute Gasteiger partial charge is 0.494 e. The number of para-hydroxylation sites is 1. The minimum absolute atomic E-state index is 0.179. The van der Waals surface area contributed by atoms with E-state index in [2.05, 4.69) is 10.6 Å². The summed E-state index contributed by atoms with van der Waals surface area (Å²) >= 11 is 0. The van der Waals surface area contributed by atoms with Crippen molar-refractivity contribution in [3.05, 3.63) is 30.3 Å². The Morgan fingerprint density at radius 2 is 1.95 bits per heavy atom. The maximum atomic E-state index is 11.4. The van der Waals surface area contributed by atoms with Crippen molar-refractivity contribution in [2.75, 3.05) is 33.8 Å². The second kappa shape index (κ2) is 8.92. The summed E-state index contributed by atoms with van der Waals surface area (Å²) < 4.78 is 5.55. The van der Waals surface area contributed by atoms with Gasteiger partial charge in [-0.25, -0.2) is 4.79 Å². The number of rotatable bonds is 7. The van der Waals surface area contributed by atoms with Crippen LogP contribution >= 0.6 is 0 Å². The Kier molecular flexibility index (Phi) is 7.13. The molecule has 0 aliphatic rings. The first-order chi connectivity index (χ1) is 9.61. The summed E-state index contributed by atoms with van der Waals surface area (Å²) in [7, 11) is 3.29. The summed E-state index contributed by atoms with van der Waals surface area (Å²) in [6, 6.07) is 9.10. The smallest absolute Gasteiger partial charge is 0.321 e. The first kappa shape index (κ1) is 16.0. The van der Waals surface area contributed by atoms with Crippen LogP contribution in [0.2, 0.25) is 0 Å². The quantitative estimate of drug-likeness (QED) is 0.726. The number of urea groups is 1. The molecule has 1 rings (SSSR count). The molecule has 6 heteroatoms. The normalized spacial score (nSPS) is 10.2. The van der Waals surface area contributed by atoms with E-state index in [0.717, 1.165) is 12.2 Å². The highest BCUT2D eigenvalue weighted by molar-refractivity contribution is 5.95. The van der Waals surface area contributed by atoms with E-state index >= 15 is 0 Å². The molecule has 0 aromatic heterocycles. The van der Waals surface area contributed by atoms with Crippen LogP contribution in [0.1, 0.15) is 6.42 Å². The molecule has 0 unspecified atom stereocenters. The number of ether oxygens (including phenoxy) is 1. The number of carbonyl (C=O) groups excluding carboxylic acids is 2. The molecule has 0 bridgehead atoms. The van der Waals surface area contributed by atoms with E-state index < -0.39 is 6.03 Å². The van der Waals surface area contributed by atoms with E-state index in [-0.39, 0.29) is 12.5 Å². The third-order valence-electron chi connectivity index (χ3n) is 2.59. The molecule has 2 N–H and O–H groups in total. The number of imide groups is 1. The summed E-state index contributed by atoms with van der Waals surface area (Å²) in [5.41, 5.74) is 0. The maximum Gasteiger partial charge on any atom is 0.321 e. The molecule has 0 radical (unpaired) electrons. The van der Waals surface area contributed by atoms with Crippen molar-refractivity contribution in [2.45, 2.75) is 6.42 Å². The zero-order valence-corrected chi connectivity index (χ0v) is 11.9. The van der Waals surface area contributed by atoms with Gasteiger partial charge < -0.3 is 10.1 Å². The molecule has 20 heavy (non-hydrogen) atoms. The van der Waals surface area contributed by atoms with Crippen LogP contribution in [0.25, 0.3) is 0 Å². The lowest BCUT2D eigenvalue weighted by molar-refractivity contribution is -0.120. The molecule has 110 valence electrons. The number of benzene rings is 1. The lowest BCUT2D eigenvalue weighted by Crippen LogP contribution is -2.42. The highest BCUT2D eigenvalue weighted by Gasteiger charge is 2.08. The third-order valence-corrected chi connectivity index (χ3v) is 2.59. The SMILES string of the molecule is CNC(=O)NC(=O)CN(C)CCCOc1ccccc1. The van der Waals surface area contributed by atoms with Gasteiger partial charge in [-0.2, -0.15) is 0 Å². The minimum Gasteiger partial charge on any atom is -0.494 e. The molecule has 1 aromatic rings. The van der Waals surface area contributed by atoms with E-state index in [4.69, 9.17) is 4.74 Å². The second-order valence-electron chi connectivity index (χ2n) is 4.38. The Morgan fingerprint density at radius 1 is 1.25 bits per heavy atom. The van der Waals surface area contributed by atoms with Gasteiger partial charge in [0.05, 0.1) is 13.2 Å². The van der Waals surface area contributed by atoms with Gasteiger partial charge in [0.2, 0.25) is 5.91 Å². The zero-order valence-electron chi connectivity index (χ0n) is 11.9. The fraction of sp³-hybridized carbons (Fsp3) is 0.429. The van der Waals surface area contributed by atoms with Gasteiger partial charge in [-0.15, -0.1) is 0 Å². The number of hydrogen-bond donors (Lipinski definition) is 2. The van der Waals surface area contributed by atoms with Gasteiger partial charge in [-0.3, -0.25) is 15.0 Å². The first-order valence-corrected chi connectivity index (χ1v) is 6.49. The van der Waals surface area contributed by atoms with Crippen LogP contribution < -0.4 is 15.4 Å². The first-order valence-electron chi connectivity index (χ1n) is 6.49.